The van der Waals surface area contributed by atoms with Gasteiger partial charge in [0, 0.05) is 17.5 Å². The first-order chi connectivity index (χ1) is 12.0. The summed E-state index contributed by atoms with van der Waals surface area (Å²) < 4.78 is 1.91. The molecule has 25 heavy (non-hydrogen) atoms. The van der Waals surface area contributed by atoms with E-state index in [0.717, 1.165) is 27.5 Å². The molecule has 0 bridgehead atoms. The Bertz CT molecular complexity index is 896. The normalized spacial score (nSPS) is 10.9. The Morgan fingerprint density at radius 2 is 2.00 bits per heavy atom. The van der Waals surface area contributed by atoms with Crippen LogP contribution >= 0.6 is 23.1 Å². The van der Waals surface area contributed by atoms with Gasteiger partial charge in [-0.1, -0.05) is 36.0 Å². The summed E-state index contributed by atoms with van der Waals surface area (Å²) in [6.45, 7) is 5.97. The molecule has 1 N–H and O–H groups in total. The molecule has 0 aliphatic heterocycles. The van der Waals surface area contributed by atoms with Gasteiger partial charge in [0.2, 0.25) is 5.91 Å². The number of carbonyl (C=O) groups is 1. The van der Waals surface area contributed by atoms with Crippen LogP contribution in [0.1, 0.15) is 16.1 Å². The van der Waals surface area contributed by atoms with Crippen molar-refractivity contribution in [2.24, 2.45) is 7.05 Å². The van der Waals surface area contributed by atoms with Crippen LogP contribution in [-0.4, -0.2) is 31.4 Å². The Labute approximate surface area is 154 Å². The van der Waals surface area contributed by atoms with E-state index in [1.807, 2.05) is 56.7 Å². The van der Waals surface area contributed by atoms with Crippen LogP contribution in [0.4, 0.5) is 5.13 Å². The zero-order chi connectivity index (χ0) is 18.0. The van der Waals surface area contributed by atoms with Crippen molar-refractivity contribution < 1.29 is 4.79 Å². The Kier molecular flexibility index (Phi) is 5.19. The van der Waals surface area contributed by atoms with E-state index in [1.54, 1.807) is 0 Å². The summed E-state index contributed by atoms with van der Waals surface area (Å²) in [7, 11) is 1.91. The number of hydrogen-bond acceptors (Lipinski definition) is 6. The van der Waals surface area contributed by atoms with E-state index in [4.69, 9.17) is 0 Å². The van der Waals surface area contributed by atoms with Crippen LogP contribution in [0, 0.1) is 20.8 Å². The molecule has 8 heteroatoms. The molecule has 0 saturated carbocycles. The molecule has 0 aliphatic rings. The van der Waals surface area contributed by atoms with Crippen LogP contribution in [0.3, 0.4) is 0 Å². The van der Waals surface area contributed by atoms with Crippen LogP contribution in [0.25, 0.3) is 11.4 Å². The molecule has 0 fully saturated rings. The molecule has 1 aromatic carbocycles. The largest absolute Gasteiger partial charge is 0.305 e. The first-order valence-electron chi connectivity index (χ1n) is 7.77. The fourth-order valence-electron chi connectivity index (χ4n) is 2.31. The summed E-state index contributed by atoms with van der Waals surface area (Å²) in [5.74, 6) is 0.962. The molecule has 3 rings (SSSR count). The zero-order valence-corrected chi connectivity index (χ0v) is 16.2. The summed E-state index contributed by atoms with van der Waals surface area (Å²) in [5.41, 5.74) is 3.13. The number of anilines is 1. The molecule has 130 valence electrons. The Morgan fingerprint density at radius 3 is 2.68 bits per heavy atom. The minimum Gasteiger partial charge on any atom is -0.305 e. The number of amides is 1. The van der Waals surface area contributed by atoms with E-state index in [9.17, 15) is 4.79 Å². The molecule has 2 aromatic heterocycles. The number of benzene rings is 1. The molecule has 3 aromatic rings. The number of aromatic nitrogens is 4. The van der Waals surface area contributed by atoms with Crippen molar-refractivity contribution in [2.45, 2.75) is 25.9 Å². The molecule has 0 atom stereocenters. The maximum absolute atomic E-state index is 12.1. The first-order valence-corrected chi connectivity index (χ1v) is 9.58. The fraction of sp³-hybridized carbons (Fsp3) is 0.294. The van der Waals surface area contributed by atoms with Gasteiger partial charge in [-0.3, -0.25) is 4.79 Å². The molecule has 1 amide bonds. The van der Waals surface area contributed by atoms with Crippen molar-refractivity contribution >= 4 is 34.1 Å². The van der Waals surface area contributed by atoms with Gasteiger partial charge in [-0.15, -0.1) is 21.5 Å². The van der Waals surface area contributed by atoms with Gasteiger partial charge < -0.3 is 9.88 Å². The number of hydrogen-bond donors (Lipinski definition) is 1. The van der Waals surface area contributed by atoms with Crippen molar-refractivity contribution in [2.75, 3.05) is 11.1 Å². The van der Waals surface area contributed by atoms with Gasteiger partial charge in [0.15, 0.2) is 16.1 Å². The molecule has 0 radical (unpaired) electrons. The van der Waals surface area contributed by atoms with E-state index in [2.05, 4.69) is 20.5 Å². The second-order valence-corrected chi connectivity index (χ2v) is 7.82. The van der Waals surface area contributed by atoms with E-state index in [0.29, 0.717) is 10.3 Å². The van der Waals surface area contributed by atoms with E-state index >= 15 is 0 Å². The Hall–Kier alpha value is -2.19. The van der Waals surface area contributed by atoms with Crippen molar-refractivity contribution in [1.82, 2.24) is 19.7 Å². The van der Waals surface area contributed by atoms with Crippen LogP contribution < -0.4 is 5.32 Å². The van der Waals surface area contributed by atoms with Gasteiger partial charge >= 0.3 is 0 Å². The number of nitrogens with one attached hydrogen (secondary N) is 1. The Balaban J connectivity index is 1.66. The second-order valence-electron chi connectivity index (χ2n) is 5.68. The predicted molar refractivity (Wildman–Crippen MR) is 102 cm³/mol. The molecule has 2 heterocycles. The monoisotopic (exact) mass is 373 g/mol. The van der Waals surface area contributed by atoms with Gasteiger partial charge in [0.25, 0.3) is 0 Å². The number of thiazole rings is 1. The van der Waals surface area contributed by atoms with E-state index in [-0.39, 0.29) is 11.7 Å². The van der Waals surface area contributed by atoms with Crippen molar-refractivity contribution in [1.29, 1.82) is 0 Å². The number of carbonyl (C=O) groups excluding carboxylic acids is 1. The molecular weight excluding hydrogens is 354 g/mol. The molecule has 6 nitrogen and oxygen atoms in total. The van der Waals surface area contributed by atoms with Gasteiger partial charge in [-0.2, -0.15) is 0 Å². The summed E-state index contributed by atoms with van der Waals surface area (Å²) in [4.78, 5) is 17.6. The lowest BCUT2D eigenvalue weighted by Gasteiger charge is -2.06. The topological polar surface area (TPSA) is 72.7 Å². The number of thioether (sulfide) groups is 1. The van der Waals surface area contributed by atoms with Crippen LogP contribution in [0.2, 0.25) is 0 Å². The van der Waals surface area contributed by atoms with Crippen molar-refractivity contribution in [3.05, 3.63) is 40.4 Å². The standard InChI is InChI=1S/C17H19N5OS2/c1-10-7-5-6-8-13(10)15-20-21-17(22(15)4)24-9-14(23)19-16-18-11(2)12(3)25-16/h5-8H,9H2,1-4H3,(H,18,19,23). The number of aryl methyl sites for hydroxylation is 3. The fourth-order valence-corrected chi connectivity index (χ4v) is 3.85. The van der Waals surface area contributed by atoms with Crippen LogP contribution in [-0.2, 0) is 11.8 Å². The maximum atomic E-state index is 12.1. The summed E-state index contributed by atoms with van der Waals surface area (Å²) >= 11 is 2.85. The molecule has 0 unspecified atom stereocenters. The predicted octanol–water partition coefficient (Wildman–Crippen LogP) is 3.59. The third kappa shape index (κ3) is 3.91. The van der Waals surface area contributed by atoms with Gasteiger partial charge in [-0.05, 0) is 26.3 Å². The quantitative estimate of drug-likeness (QED) is 0.692. The lowest BCUT2D eigenvalue weighted by molar-refractivity contribution is -0.113. The van der Waals surface area contributed by atoms with Crippen LogP contribution in [0.15, 0.2) is 29.4 Å². The third-order valence-corrected chi connectivity index (χ3v) is 5.84. The van der Waals surface area contributed by atoms with Crippen molar-refractivity contribution in [3.63, 3.8) is 0 Å². The Morgan fingerprint density at radius 1 is 1.24 bits per heavy atom. The van der Waals surface area contributed by atoms with Gasteiger partial charge in [0.05, 0.1) is 11.4 Å². The summed E-state index contributed by atoms with van der Waals surface area (Å²) in [6, 6.07) is 8.04. The molecule has 0 aliphatic carbocycles. The second kappa shape index (κ2) is 7.37. The zero-order valence-electron chi connectivity index (χ0n) is 14.5. The van der Waals surface area contributed by atoms with E-state index < -0.39 is 0 Å². The van der Waals surface area contributed by atoms with E-state index in [1.165, 1.54) is 23.1 Å². The molecule has 0 saturated heterocycles. The molecule has 0 spiro atoms. The SMILES string of the molecule is Cc1ccccc1-c1nnc(SCC(=O)Nc2nc(C)c(C)s2)n1C. The number of nitrogens with zero attached hydrogens (tertiary/aromatic N) is 4. The lowest BCUT2D eigenvalue weighted by Crippen LogP contribution is -2.14. The highest BCUT2D eigenvalue weighted by atomic mass is 32.2. The van der Waals surface area contributed by atoms with Gasteiger partial charge in [0.1, 0.15) is 0 Å². The first kappa shape index (κ1) is 17.6. The smallest absolute Gasteiger partial charge is 0.236 e. The minimum absolute atomic E-state index is 0.0980. The number of rotatable bonds is 5. The highest BCUT2D eigenvalue weighted by Crippen LogP contribution is 2.25. The van der Waals surface area contributed by atoms with Crippen molar-refractivity contribution in [3.8, 4) is 11.4 Å². The third-order valence-electron chi connectivity index (χ3n) is 3.83. The average molecular weight is 374 g/mol. The molecular formula is C17H19N5OS2. The minimum atomic E-state index is -0.0980. The van der Waals surface area contributed by atoms with Gasteiger partial charge in [-0.25, -0.2) is 4.98 Å². The van der Waals surface area contributed by atoms with Crippen LogP contribution in [0.5, 0.6) is 0 Å². The highest BCUT2D eigenvalue weighted by Gasteiger charge is 2.15. The summed E-state index contributed by atoms with van der Waals surface area (Å²) in [5, 5.41) is 12.7. The highest BCUT2D eigenvalue weighted by molar-refractivity contribution is 7.99. The maximum Gasteiger partial charge on any atom is 0.236 e. The summed E-state index contributed by atoms with van der Waals surface area (Å²) in [6.07, 6.45) is 0. The lowest BCUT2D eigenvalue weighted by atomic mass is 10.1. The average Bonchev–Trinajstić information content (AvgIpc) is 3.08.